The van der Waals surface area contributed by atoms with E-state index in [0.717, 1.165) is 18.1 Å². The molecule has 1 aliphatic rings. The van der Waals surface area contributed by atoms with Gasteiger partial charge in [0.15, 0.2) is 0 Å². The third kappa shape index (κ3) is 3.01. The van der Waals surface area contributed by atoms with Crippen LogP contribution in [0, 0.1) is 0 Å². The van der Waals surface area contributed by atoms with E-state index in [2.05, 4.69) is 17.2 Å². The summed E-state index contributed by atoms with van der Waals surface area (Å²) in [5.74, 6) is 0.713. The number of aromatic nitrogens is 2. The van der Waals surface area contributed by atoms with Gasteiger partial charge in [-0.15, -0.1) is 11.3 Å². The molecule has 3 nitrogen and oxygen atoms in total. The van der Waals surface area contributed by atoms with Crippen molar-refractivity contribution in [1.82, 2.24) is 15.3 Å². The maximum absolute atomic E-state index is 4.87. The molecule has 2 aromatic rings. The summed E-state index contributed by atoms with van der Waals surface area (Å²) in [6.45, 7) is 4.24. The molecule has 0 amide bonds. The smallest absolute Gasteiger partial charge is 0.124 e. The zero-order valence-electron chi connectivity index (χ0n) is 11.2. The molecule has 1 saturated carbocycles. The molecule has 1 fully saturated rings. The van der Waals surface area contributed by atoms with Crippen LogP contribution in [0.4, 0.5) is 0 Å². The molecule has 3 rings (SSSR count). The van der Waals surface area contributed by atoms with E-state index >= 15 is 0 Å². The molecule has 0 aliphatic heterocycles. The first-order valence-electron chi connectivity index (χ1n) is 6.99. The molecule has 0 spiro atoms. The lowest BCUT2D eigenvalue weighted by Crippen LogP contribution is -2.13. The first kappa shape index (κ1) is 12.8. The summed E-state index contributed by atoms with van der Waals surface area (Å²) in [6, 6.07) is 4.08. The Morgan fingerprint density at radius 3 is 2.79 bits per heavy atom. The topological polar surface area (TPSA) is 37.8 Å². The number of pyridine rings is 1. The van der Waals surface area contributed by atoms with Crippen molar-refractivity contribution < 1.29 is 0 Å². The van der Waals surface area contributed by atoms with Crippen LogP contribution >= 0.6 is 11.3 Å². The van der Waals surface area contributed by atoms with Gasteiger partial charge in [-0.1, -0.05) is 6.92 Å². The first-order valence-corrected chi connectivity index (χ1v) is 7.81. The average molecular weight is 273 g/mol. The Bertz CT molecular complexity index is 532. The Morgan fingerprint density at radius 2 is 2.11 bits per heavy atom. The normalized spacial score (nSPS) is 14.8. The zero-order chi connectivity index (χ0) is 13.1. The summed E-state index contributed by atoms with van der Waals surface area (Å²) in [6.07, 6.45) is 7.46. The molecule has 2 heterocycles. The summed E-state index contributed by atoms with van der Waals surface area (Å²) in [5.41, 5.74) is 2.52. The summed E-state index contributed by atoms with van der Waals surface area (Å²) in [7, 11) is 0. The van der Waals surface area contributed by atoms with Crippen LogP contribution in [0.25, 0.3) is 10.6 Å². The first-order chi connectivity index (χ1) is 9.38. The highest BCUT2D eigenvalue weighted by atomic mass is 32.1. The Kier molecular flexibility index (Phi) is 3.89. The molecule has 0 bridgehead atoms. The second kappa shape index (κ2) is 5.80. The number of nitrogens with one attached hydrogen (secondary N) is 1. The molecule has 100 valence electrons. The number of rotatable bonds is 6. The monoisotopic (exact) mass is 273 g/mol. The molecule has 1 N–H and O–H groups in total. The van der Waals surface area contributed by atoms with Gasteiger partial charge in [0.25, 0.3) is 0 Å². The van der Waals surface area contributed by atoms with Crippen molar-refractivity contribution in [3.63, 3.8) is 0 Å². The predicted octanol–water partition coefficient (Wildman–Crippen LogP) is 3.58. The van der Waals surface area contributed by atoms with Crippen LogP contribution in [-0.4, -0.2) is 16.5 Å². The van der Waals surface area contributed by atoms with Gasteiger partial charge < -0.3 is 5.32 Å². The van der Waals surface area contributed by atoms with E-state index in [0.29, 0.717) is 5.92 Å². The Labute approximate surface area is 118 Å². The lowest BCUT2D eigenvalue weighted by Gasteiger charge is -2.01. The molecule has 0 aromatic carbocycles. The molecule has 1 aliphatic carbocycles. The second-order valence-electron chi connectivity index (χ2n) is 5.01. The van der Waals surface area contributed by atoms with Gasteiger partial charge >= 0.3 is 0 Å². The van der Waals surface area contributed by atoms with Gasteiger partial charge in [0.1, 0.15) is 5.01 Å². The molecule has 0 saturated heterocycles. The highest BCUT2D eigenvalue weighted by molar-refractivity contribution is 7.15. The fourth-order valence-electron chi connectivity index (χ4n) is 2.16. The van der Waals surface area contributed by atoms with E-state index in [4.69, 9.17) is 4.98 Å². The molecule has 19 heavy (non-hydrogen) atoms. The fraction of sp³-hybridized carbons (Fsp3) is 0.467. The van der Waals surface area contributed by atoms with Gasteiger partial charge in [-0.2, -0.15) is 0 Å². The van der Waals surface area contributed by atoms with Gasteiger partial charge in [0.05, 0.1) is 5.69 Å². The molecular weight excluding hydrogens is 254 g/mol. The second-order valence-corrected chi connectivity index (χ2v) is 6.10. The minimum atomic E-state index is 0.713. The summed E-state index contributed by atoms with van der Waals surface area (Å²) < 4.78 is 0. The largest absolute Gasteiger partial charge is 0.312 e. The van der Waals surface area contributed by atoms with E-state index in [1.54, 1.807) is 0 Å². The van der Waals surface area contributed by atoms with Crippen LogP contribution in [0.5, 0.6) is 0 Å². The Morgan fingerprint density at radius 1 is 1.32 bits per heavy atom. The van der Waals surface area contributed by atoms with Crippen LogP contribution in [0.1, 0.15) is 42.7 Å². The van der Waals surface area contributed by atoms with Crippen LogP contribution < -0.4 is 5.32 Å². The van der Waals surface area contributed by atoms with E-state index in [9.17, 15) is 0 Å². The molecular formula is C15H19N3S. The van der Waals surface area contributed by atoms with E-state index in [-0.39, 0.29) is 0 Å². The minimum absolute atomic E-state index is 0.713. The quantitative estimate of drug-likeness (QED) is 0.817. The van der Waals surface area contributed by atoms with Crippen molar-refractivity contribution in [3.05, 3.63) is 35.1 Å². The van der Waals surface area contributed by atoms with Gasteiger partial charge in [-0.25, -0.2) is 4.98 Å². The predicted molar refractivity (Wildman–Crippen MR) is 79.3 cm³/mol. The van der Waals surface area contributed by atoms with Crippen LogP contribution in [-0.2, 0) is 6.54 Å². The van der Waals surface area contributed by atoms with E-state index < -0.39 is 0 Å². The lowest BCUT2D eigenvalue weighted by atomic mass is 10.2. The molecule has 0 unspecified atom stereocenters. The zero-order valence-corrected chi connectivity index (χ0v) is 12.0. The van der Waals surface area contributed by atoms with Gasteiger partial charge in [0, 0.05) is 35.3 Å². The maximum Gasteiger partial charge on any atom is 0.124 e. The van der Waals surface area contributed by atoms with E-state index in [1.807, 2.05) is 35.9 Å². The number of thiazole rings is 1. The van der Waals surface area contributed by atoms with Crippen LogP contribution in [0.3, 0.4) is 0 Å². The van der Waals surface area contributed by atoms with Crippen molar-refractivity contribution in [3.8, 4) is 10.6 Å². The summed E-state index contributed by atoms with van der Waals surface area (Å²) in [4.78, 5) is 10.4. The molecule has 0 radical (unpaired) electrons. The fourth-order valence-corrected chi connectivity index (χ4v) is 3.29. The van der Waals surface area contributed by atoms with E-state index in [1.165, 1.54) is 35.4 Å². The highest BCUT2D eigenvalue weighted by Gasteiger charge is 2.29. The third-order valence-electron chi connectivity index (χ3n) is 3.33. The SMILES string of the molecule is CCCNCc1sc(-c2ccncc2)nc1C1CC1. The van der Waals surface area contributed by atoms with Crippen molar-refractivity contribution in [1.29, 1.82) is 0 Å². The van der Waals surface area contributed by atoms with Crippen molar-refractivity contribution in [2.45, 2.75) is 38.6 Å². The maximum atomic E-state index is 4.87. The summed E-state index contributed by atoms with van der Waals surface area (Å²) >= 11 is 1.83. The van der Waals surface area contributed by atoms with Gasteiger partial charge in [0.2, 0.25) is 0 Å². The van der Waals surface area contributed by atoms with Crippen LogP contribution in [0.15, 0.2) is 24.5 Å². The van der Waals surface area contributed by atoms with Gasteiger partial charge in [-0.3, -0.25) is 4.98 Å². The average Bonchev–Trinajstić information content (AvgIpc) is 3.21. The minimum Gasteiger partial charge on any atom is -0.312 e. The molecule has 0 atom stereocenters. The lowest BCUT2D eigenvalue weighted by molar-refractivity contribution is 0.676. The standard InChI is InChI=1S/C15H19N3S/c1-2-7-17-10-13-14(11-3-4-11)18-15(19-13)12-5-8-16-9-6-12/h5-6,8-9,11,17H,2-4,7,10H2,1H3. The van der Waals surface area contributed by atoms with Crippen LogP contribution in [0.2, 0.25) is 0 Å². The van der Waals surface area contributed by atoms with Crippen molar-refractivity contribution in [2.75, 3.05) is 6.54 Å². The Hall–Kier alpha value is -1.26. The number of hydrogen-bond donors (Lipinski definition) is 1. The number of hydrogen-bond acceptors (Lipinski definition) is 4. The molecule has 4 heteroatoms. The third-order valence-corrected chi connectivity index (χ3v) is 4.45. The van der Waals surface area contributed by atoms with Crippen molar-refractivity contribution in [2.24, 2.45) is 0 Å². The van der Waals surface area contributed by atoms with Crippen molar-refractivity contribution >= 4 is 11.3 Å². The van der Waals surface area contributed by atoms with Gasteiger partial charge in [-0.05, 0) is 37.9 Å². The Balaban J connectivity index is 1.84. The molecule has 2 aromatic heterocycles. The highest BCUT2D eigenvalue weighted by Crippen LogP contribution is 2.44. The summed E-state index contributed by atoms with van der Waals surface area (Å²) in [5, 5.41) is 4.63. The number of nitrogens with zero attached hydrogens (tertiary/aromatic N) is 2.